The maximum Gasteiger partial charge on any atom is 0.254 e. The molecule has 0 unspecified atom stereocenters. The lowest BCUT2D eigenvalue weighted by Crippen LogP contribution is -2.37. The first-order chi connectivity index (χ1) is 15.6. The second kappa shape index (κ2) is 8.57. The summed E-state index contributed by atoms with van der Waals surface area (Å²) in [5.41, 5.74) is 3.44. The Morgan fingerprint density at radius 3 is 2.56 bits per heavy atom. The summed E-state index contributed by atoms with van der Waals surface area (Å²) >= 11 is 0. The van der Waals surface area contributed by atoms with E-state index in [4.69, 9.17) is 14.7 Å². The zero-order valence-corrected chi connectivity index (χ0v) is 18.1. The van der Waals surface area contributed by atoms with Gasteiger partial charge in [-0.1, -0.05) is 17.7 Å². The normalized spacial score (nSPS) is 15.6. The zero-order chi connectivity index (χ0) is 22.1. The van der Waals surface area contributed by atoms with E-state index in [2.05, 4.69) is 4.90 Å². The van der Waals surface area contributed by atoms with Crippen molar-refractivity contribution >= 4 is 11.9 Å². The molecule has 0 N–H and O–H groups in total. The molecule has 7 heteroatoms. The predicted octanol–water partition coefficient (Wildman–Crippen LogP) is 4.52. The van der Waals surface area contributed by atoms with Crippen molar-refractivity contribution in [3.8, 4) is 11.6 Å². The fourth-order valence-corrected chi connectivity index (χ4v) is 4.26. The molecular weight excluding hydrogens is 407 g/mol. The van der Waals surface area contributed by atoms with E-state index in [9.17, 15) is 9.18 Å². The van der Waals surface area contributed by atoms with Crippen LogP contribution >= 0.6 is 0 Å². The van der Waals surface area contributed by atoms with E-state index in [0.29, 0.717) is 42.7 Å². The van der Waals surface area contributed by atoms with Crippen molar-refractivity contribution in [3.63, 3.8) is 0 Å². The lowest BCUT2D eigenvalue weighted by Gasteiger charge is -2.30. The quantitative estimate of drug-likeness (QED) is 0.607. The van der Waals surface area contributed by atoms with Crippen molar-refractivity contribution in [2.45, 2.75) is 32.7 Å². The summed E-state index contributed by atoms with van der Waals surface area (Å²) in [4.78, 5) is 26.7. The highest BCUT2D eigenvalue weighted by Crippen LogP contribution is 2.32. The average molecular weight is 432 g/mol. The number of amides is 1. The molecule has 5 rings (SSSR count). The number of anilines is 1. The first kappa shape index (κ1) is 20.4. The van der Waals surface area contributed by atoms with Crippen LogP contribution in [0, 0.1) is 12.7 Å². The molecule has 0 atom stereocenters. The molecule has 0 radical (unpaired) electrons. The maximum atomic E-state index is 13.4. The van der Waals surface area contributed by atoms with Gasteiger partial charge >= 0.3 is 0 Å². The Hall–Kier alpha value is -3.48. The van der Waals surface area contributed by atoms with Crippen molar-refractivity contribution in [3.05, 3.63) is 76.7 Å². The third-order valence-electron chi connectivity index (χ3n) is 5.98. The van der Waals surface area contributed by atoms with Gasteiger partial charge in [0.2, 0.25) is 11.8 Å². The number of carbonyl (C=O) groups is 1. The Morgan fingerprint density at radius 2 is 1.81 bits per heavy atom. The zero-order valence-electron chi connectivity index (χ0n) is 18.1. The summed E-state index contributed by atoms with van der Waals surface area (Å²) in [5.74, 6) is 1.26. The monoisotopic (exact) mass is 432 g/mol. The molecule has 0 aliphatic carbocycles. The number of nitrogens with zero attached hydrogens (tertiary/aromatic N) is 4. The SMILES string of the molecule is Cc1cccc(C(=O)N2CCc3nc(N4CCCC4)nc(Oc4ccc(F)cc4)c3C2)c1. The Labute approximate surface area is 186 Å². The molecule has 2 aliphatic heterocycles. The van der Waals surface area contributed by atoms with Crippen LogP contribution in [0.5, 0.6) is 11.6 Å². The molecule has 1 amide bonds. The molecule has 6 nitrogen and oxygen atoms in total. The van der Waals surface area contributed by atoms with Crippen LogP contribution in [0.3, 0.4) is 0 Å². The van der Waals surface area contributed by atoms with Crippen molar-refractivity contribution < 1.29 is 13.9 Å². The van der Waals surface area contributed by atoms with Gasteiger partial charge in [0.05, 0.1) is 17.8 Å². The number of fused-ring (bicyclic) bond motifs is 1. The van der Waals surface area contributed by atoms with E-state index < -0.39 is 0 Å². The molecule has 2 aliphatic rings. The molecule has 1 saturated heterocycles. The summed E-state index contributed by atoms with van der Waals surface area (Å²) in [6.07, 6.45) is 2.87. The summed E-state index contributed by atoms with van der Waals surface area (Å²) in [7, 11) is 0. The predicted molar refractivity (Wildman–Crippen MR) is 120 cm³/mol. The molecule has 0 saturated carbocycles. The van der Waals surface area contributed by atoms with Crippen molar-refractivity contribution in [2.24, 2.45) is 0 Å². The van der Waals surface area contributed by atoms with E-state index in [1.807, 2.05) is 36.1 Å². The third-order valence-corrected chi connectivity index (χ3v) is 5.98. The van der Waals surface area contributed by atoms with E-state index in [-0.39, 0.29) is 11.7 Å². The summed E-state index contributed by atoms with van der Waals surface area (Å²) in [5, 5.41) is 0. The molecule has 164 valence electrons. The Balaban J connectivity index is 1.48. The maximum absolute atomic E-state index is 13.4. The molecule has 0 bridgehead atoms. The highest BCUT2D eigenvalue weighted by molar-refractivity contribution is 5.94. The van der Waals surface area contributed by atoms with Gasteiger partial charge in [0.25, 0.3) is 5.91 Å². The van der Waals surface area contributed by atoms with Gasteiger partial charge in [-0.05, 0) is 56.2 Å². The minimum absolute atomic E-state index is 0.0179. The number of rotatable bonds is 4. The standard InChI is InChI=1S/C25H25FN4O2/c1-17-5-4-6-18(15-17)24(31)30-14-11-22-21(16-30)23(32-20-9-7-19(26)8-10-20)28-25(27-22)29-12-2-3-13-29/h4-10,15H,2-3,11-14,16H2,1H3. The van der Waals surface area contributed by atoms with Crippen LogP contribution in [0.4, 0.5) is 10.3 Å². The molecule has 3 heterocycles. The first-order valence-corrected chi connectivity index (χ1v) is 11.0. The van der Waals surface area contributed by atoms with Crippen LogP contribution in [0.1, 0.15) is 40.0 Å². The second-order valence-electron chi connectivity index (χ2n) is 8.35. The summed E-state index contributed by atoms with van der Waals surface area (Å²) in [6, 6.07) is 13.5. The van der Waals surface area contributed by atoms with E-state index in [1.54, 1.807) is 12.1 Å². The van der Waals surface area contributed by atoms with Crippen LogP contribution < -0.4 is 9.64 Å². The Bertz CT molecular complexity index is 1140. The van der Waals surface area contributed by atoms with Crippen molar-refractivity contribution in [1.29, 1.82) is 0 Å². The minimum atomic E-state index is -0.324. The van der Waals surface area contributed by atoms with Crippen LogP contribution in [0.15, 0.2) is 48.5 Å². The van der Waals surface area contributed by atoms with Gasteiger partial charge < -0.3 is 14.5 Å². The third kappa shape index (κ3) is 4.15. The smallest absolute Gasteiger partial charge is 0.254 e. The van der Waals surface area contributed by atoms with E-state index >= 15 is 0 Å². The van der Waals surface area contributed by atoms with E-state index in [0.717, 1.165) is 42.8 Å². The molecule has 3 aromatic rings. The number of ether oxygens (including phenoxy) is 1. The highest BCUT2D eigenvalue weighted by atomic mass is 19.1. The fourth-order valence-electron chi connectivity index (χ4n) is 4.26. The molecule has 0 spiro atoms. The fraction of sp³-hybridized carbons (Fsp3) is 0.320. The van der Waals surface area contributed by atoms with Gasteiger partial charge in [-0.3, -0.25) is 4.79 Å². The number of benzene rings is 2. The topological polar surface area (TPSA) is 58.6 Å². The summed E-state index contributed by atoms with van der Waals surface area (Å²) in [6.45, 7) is 4.79. The lowest BCUT2D eigenvalue weighted by atomic mass is 10.0. The second-order valence-corrected chi connectivity index (χ2v) is 8.35. The van der Waals surface area contributed by atoms with Crippen LogP contribution in [-0.4, -0.2) is 40.4 Å². The number of halogens is 1. The first-order valence-electron chi connectivity index (χ1n) is 11.0. The number of aryl methyl sites for hydroxylation is 1. The van der Waals surface area contributed by atoms with Crippen molar-refractivity contribution in [2.75, 3.05) is 24.5 Å². The minimum Gasteiger partial charge on any atom is -0.438 e. The molecule has 2 aromatic carbocycles. The van der Waals surface area contributed by atoms with Crippen LogP contribution in [0.25, 0.3) is 0 Å². The van der Waals surface area contributed by atoms with Gasteiger partial charge in [-0.2, -0.15) is 4.98 Å². The van der Waals surface area contributed by atoms with Gasteiger partial charge in [-0.15, -0.1) is 0 Å². The summed E-state index contributed by atoms with van der Waals surface area (Å²) < 4.78 is 19.5. The van der Waals surface area contributed by atoms with Gasteiger partial charge in [0, 0.05) is 31.6 Å². The van der Waals surface area contributed by atoms with Crippen LogP contribution in [-0.2, 0) is 13.0 Å². The van der Waals surface area contributed by atoms with Crippen molar-refractivity contribution in [1.82, 2.24) is 14.9 Å². The molecular formula is C25H25FN4O2. The van der Waals surface area contributed by atoms with Gasteiger partial charge in [0.1, 0.15) is 11.6 Å². The molecule has 32 heavy (non-hydrogen) atoms. The van der Waals surface area contributed by atoms with Gasteiger partial charge in [-0.25, -0.2) is 9.37 Å². The Morgan fingerprint density at radius 1 is 1.03 bits per heavy atom. The van der Waals surface area contributed by atoms with Crippen LogP contribution in [0.2, 0.25) is 0 Å². The number of carbonyl (C=O) groups excluding carboxylic acids is 1. The molecule has 1 fully saturated rings. The number of aromatic nitrogens is 2. The average Bonchev–Trinajstić information content (AvgIpc) is 3.35. The largest absolute Gasteiger partial charge is 0.438 e. The van der Waals surface area contributed by atoms with Gasteiger partial charge in [0.15, 0.2) is 0 Å². The molecule has 1 aromatic heterocycles. The Kier molecular flexibility index (Phi) is 5.47. The van der Waals surface area contributed by atoms with E-state index in [1.165, 1.54) is 12.1 Å². The number of hydrogen-bond donors (Lipinski definition) is 0. The highest BCUT2D eigenvalue weighted by Gasteiger charge is 2.29. The lowest BCUT2D eigenvalue weighted by molar-refractivity contribution is 0.0732. The number of hydrogen-bond acceptors (Lipinski definition) is 5.